The third-order valence-electron chi connectivity index (χ3n) is 3.21. The Morgan fingerprint density at radius 3 is 2.57 bits per heavy atom. The van der Waals surface area contributed by atoms with Gasteiger partial charge in [0.25, 0.3) is 5.91 Å². The van der Waals surface area contributed by atoms with Crippen molar-refractivity contribution in [1.29, 1.82) is 0 Å². The standard InChI is InChI=1S/C15H16FN3O3S/c1-8(10-4-6-11(16)7-5-10)17-13(20)12-9(2)19-23-14(12)18-15(21)22-3/h4-8H,1-3H3,(H,17,20)(H,18,21)/t8-/m0/s1. The predicted octanol–water partition coefficient (Wildman–Crippen LogP) is 3.26. The number of anilines is 1. The molecular weight excluding hydrogens is 321 g/mol. The van der Waals surface area contributed by atoms with E-state index in [0.717, 1.165) is 17.1 Å². The van der Waals surface area contributed by atoms with Crippen molar-refractivity contribution in [3.63, 3.8) is 0 Å². The van der Waals surface area contributed by atoms with E-state index in [1.165, 1.54) is 19.2 Å². The molecule has 1 aromatic heterocycles. The molecule has 0 aliphatic carbocycles. The predicted molar refractivity (Wildman–Crippen MR) is 85.2 cm³/mol. The van der Waals surface area contributed by atoms with Crippen LogP contribution in [0, 0.1) is 12.7 Å². The molecular formula is C15H16FN3O3S. The van der Waals surface area contributed by atoms with Gasteiger partial charge in [-0.3, -0.25) is 10.1 Å². The third-order valence-corrected chi connectivity index (χ3v) is 4.06. The van der Waals surface area contributed by atoms with Crippen molar-refractivity contribution in [2.24, 2.45) is 0 Å². The highest BCUT2D eigenvalue weighted by Gasteiger charge is 2.21. The maximum atomic E-state index is 13.0. The summed E-state index contributed by atoms with van der Waals surface area (Å²) in [6, 6.07) is 5.55. The van der Waals surface area contributed by atoms with Gasteiger partial charge < -0.3 is 10.1 Å². The number of carbonyl (C=O) groups excluding carboxylic acids is 2. The van der Waals surface area contributed by atoms with Crippen molar-refractivity contribution in [3.05, 3.63) is 46.9 Å². The lowest BCUT2D eigenvalue weighted by Gasteiger charge is -2.15. The molecule has 0 fully saturated rings. The van der Waals surface area contributed by atoms with E-state index in [0.29, 0.717) is 10.7 Å². The maximum absolute atomic E-state index is 13.0. The zero-order chi connectivity index (χ0) is 17.0. The quantitative estimate of drug-likeness (QED) is 0.897. The van der Waals surface area contributed by atoms with Gasteiger partial charge in [-0.1, -0.05) is 12.1 Å². The number of carbonyl (C=O) groups is 2. The van der Waals surface area contributed by atoms with Crippen LogP contribution in [0.4, 0.5) is 14.2 Å². The summed E-state index contributed by atoms with van der Waals surface area (Å²) in [4.78, 5) is 23.8. The summed E-state index contributed by atoms with van der Waals surface area (Å²) in [5.41, 5.74) is 1.56. The Kier molecular flexibility index (Phi) is 5.28. The van der Waals surface area contributed by atoms with E-state index in [4.69, 9.17) is 0 Å². The number of methoxy groups -OCH3 is 1. The van der Waals surface area contributed by atoms with Gasteiger partial charge in [-0.2, -0.15) is 4.37 Å². The van der Waals surface area contributed by atoms with E-state index in [9.17, 15) is 14.0 Å². The van der Waals surface area contributed by atoms with E-state index >= 15 is 0 Å². The molecule has 122 valence electrons. The van der Waals surface area contributed by atoms with Crippen LogP contribution in [-0.4, -0.2) is 23.5 Å². The van der Waals surface area contributed by atoms with Gasteiger partial charge in [0.15, 0.2) is 0 Å². The Morgan fingerprint density at radius 2 is 1.96 bits per heavy atom. The van der Waals surface area contributed by atoms with Gasteiger partial charge in [-0.15, -0.1) is 0 Å². The molecule has 1 heterocycles. The molecule has 0 radical (unpaired) electrons. The van der Waals surface area contributed by atoms with Gasteiger partial charge in [0.2, 0.25) is 0 Å². The van der Waals surface area contributed by atoms with Crippen LogP contribution in [0.15, 0.2) is 24.3 Å². The number of nitrogens with one attached hydrogen (secondary N) is 2. The molecule has 0 aliphatic heterocycles. The van der Waals surface area contributed by atoms with Crippen LogP contribution < -0.4 is 10.6 Å². The first-order valence-corrected chi connectivity index (χ1v) is 7.57. The fraction of sp³-hybridized carbons (Fsp3) is 0.267. The molecule has 0 bridgehead atoms. The smallest absolute Gasteiger partial charge is 0.412 e. The van der Waals surface area contributed by atoms with Gasteiger partial charge in [0.1, 0.15) is 10.8 Å². The number of nitrogens with zero attached hydrogens (tertiary/aromatic N) is 1. The van der Waals surface area contributed by atoms with E-state index < -0.39 is 6.09 Å². The highest BCUT2D eigenvalue weighted by atomic mass is 32.1. The molecule has 0 aliphatic rings. The maximum Gasteiger partial charge on any atom is 0.412 e. The fourth-order valence-electron chi connectivity index (χ4n) is 1.97. The highest BCUT2D eigenvalue weighted by molar-refractivity contribution is 7.11. The number of aromatic nitrogens is 1. The number of hydrogen-bond acceptors (Lipinski definition) is 5. The summed E-state index contributed by atoms with van der Waals surface area (Å²) >= 11 is 1.00. The number of ether oxygens (including phenoxy) is 1. The lowest BCUT2D eigenvalue weighted by Crippen LogP contribution is -2.28. The van der Waals surface area contributed by atoms with Crippen LogP contribution in [0.1, 0.15) is 34.6 Å². The molecule has 2 N–H and O–H groups in total. The Bertz CT molecular complexity index is 715. The molecule has 2 amide bonds. The normalized spacial score (nSPS) is 11.7. The first-order valence-electron chi connectivity index (χ1n) is 6.80. The summed E-state index contributed by atoms with van der Waals surface area (Å²) in [6.45, 7) is 3.46. The number of amides is 2. The van der Waals surface area contributed by atoms with E-state index in [1.807, 2.05) is 0 Å². The largest absolute Gasteiger partial charge is 0.453 e. The van der Waals surface area contributed by atoms with Crippen molar-refractivity contribution in [3.8, 4) is 0 Å². The van der Waals surface area contributed by atoms with Crippen LogP contribution in [-0.2, 0) is 4.74 Å². The van der Waals surface area contributed by atoms with Crippen LogP contribution in [0.3, 0.4) is 0 Å². The van der Waals surface area contributed by atoms with Crippen molar-refractivity contribution in [2.45, 2.75) is 19.9 Å². The summed E-state index contributed by atoms with van der Waals surface area (Å²) < 4.78 is 21.5. The van der Waals surface area contributed by atoms with E-state index in [2.05, 4.69) is 19.7 Å². The minimum atomic E-state index is -0.672. The fourth-order valence-corrected chi connectivity index (χ4v) is 2.75. The molecule has 0 saturated carbocycles. The summed E-state index contributed by atoms with van der Waals surface area (Å²) in [6.07, 6.45) is -0.672. The number of rotatable bonds is 4. The lowest BCUT2D eigenvalue weighted by atomic mass is 10.1. The van der Waals surface area contributed by atoms with Gasteiger partial charge in [0.05, 0.1) is 24.4 Å². The number of halogens is 1. The number of hydrogen-bond donors (Lipinski definition) is 2. The Balaban J connectivity index is 2.15. The minimum Gasteiger partial charge on any atom is -0.453 e. The van der Waals surface area contributed by atoms with Crippen molar-refractivity contribution < 1.29 is 18.7 Å². The molecule has 0 spiro atoms. The van der Waals surface area contributed by atoms with Crippen LogP contribution in [0.5, 0.6) is 0 Å². The van der Waals surface area contributed by atoms with Crippen molar-refractivity contribution in [2.75, 3.05) is 12.4 Å². The summed E-state index contributed by atoms with van der Waals surface area (Å²) in [7, 11) is 1.24. The van der Waals surface area contributed by atoms with Gasteiger partial charge in [-0.25, -0.2) is 9.18 Å². The Labute approximate surface area is 136 Å². The molecule has 23 heavy (non-hydrogen) atoms. The van der Waals surface area contributed by atoms with Crippen LogP contribution in [0.2, 0.25) is 0 Å². The third kappa shape index (κ3) is 4.04. The Morgan fingerprint density at radius 1 is 1.30 bits per heavy atom. The van der Waals surface area contributed by atoms with E-state index in [-0.39, 0.29) is 23.3 Å². The molecule has 2 rings (SSSR count). The summed E-state index contributed by atoms with van der Waals surface area (Å²) in [5, 5.41) is 5.59. The SMILES string of the molecule is COC(=O)Nc1snc(C)c1C(=O)N[C@@H](C)c1ccc(F)cc1. The molecule has 2 aromatic rings. The van der Waals surface area contributed by atoms with Gasteiger partial charge >= 0.3 is 6.09 Å². The highest BCUT2D eigenvalue weighted by Crippen LogP contribution is 2.25. The Hall–Kier alpha value is -2.48. The van der Waals surface area contributed by atoms with Gasteiger partial charge in [0, 0.05) is 0 Å². The average Bonchev–Trinajstić information content (AvgIpc) is 2.88. The van der Waals surface area contributed by atoms with Crippen LogP contribution in [0.25, 0.3) is 0 Å². The molecule has 6 nitrogen and oxygen atoms in total. The molecule has 1 atom stereocenters. The van der Waals surface area contributed by atoms with E-state index in [1.54, 1.807) is 26.0 Å². The number of benzene rings is 1. The second-order valence-corrected chi connectivity index (χ2v) is 5.61. The van der Waals surface area contributed by atoms with Gasteiger partial charge in [-0.05, 0) is 43.1 Å². The molecule has 8 heteroatoms. The molecule has 0 saturated heterocycles. The second kappa shape index (κ2) is 7.19. The molecule has 0 unspecified atom stereocenters. The zero-order valence-electron chi connectivity index (χ0n) is 12.8. The first-order chi connectivity index (χ1) is 10.9. The molecule has 1 aromatic carbocycles. The van der Waals surface area contributed by atoms with Crippen molar-refractivity contribution in [1.82, 2.24) is 9.69 Å². The topological polar surface area (TPSA) is 80.3 Å². The second-order valence-electron chi connectivity index (χ2n) is 4.84. The monoisotopic (exact) mass is 337 g/mol. The number of aryl methyl sites for hydroxylation is 1. The zero-order valence-corrected chi connectivity index (χ0v) is 13.7. The first kappa shape index (κ1) is 16.9. The average molecular weight is 337 g/mol. The summed E-state index contributed by atoms with van der Waals surface area (Å²) in [5.74, 6) is -0.714. The minimum absolute atomic E-state index is 0.286. The van der Waals surface area contributed by atoms with Crippen molar-refractivity contribution >= 4 is 28.5 Å². The van der Waals surface area contributed by atoms with Crippen LogP contribution >= 0.6 is 11.5 Å². The lowest BCUT2D eigenvalue weighted by molar-refractivity contribution is 0.0940.